The normalized spacial score (nSPS) is 29.7. The van der Waals surface area contributed by atoms with Gasteiger partial charge in [-0.2, -0.15) is 22.5 Å². The number of nitrogens with zero attached hydrogens (tertiary/aromatic N) is 1. The molecule has 1 aromatic heterocycles. The van der Waals surface area contributed by atoms with Crippen molar-refractivity contribution in [2.75, 3.05) is 7.11 Å². The van der Waals surface area contributed by atoms with Crippen LogP contribution in [-0.2, 0) is 9.53 Å². The van der Waals surface area contributed by atoms with Crippen LogP contribution in [-0.4, -0.2) is 23.7 Å². The second kappa shape index (κ2) is 4.82. The molecule has 3 rings (SSSR count). The topological polar surface area (TPSA) is 48.4 Å². The summed E-state index contributed by atoms with van der Waals surface area (Å²) in [7, 11) is 1.27. The van der Waals surface area contributed by atoms with E-state index in [4.69, 9.17) is 9.47 Å². The van der Waals surface area contributed by atoms with Crippen LogP contribution in [0.1, 0.15) is 32.1 Å². The van der Waals surface area contributed by atoms with Crippen LogP contribution in [0.5, 0.6) is 5.75 Å². The number of methoxy groups -OCH3 is 1. The van der Waals surface area contributed by atoms with E-state index in [-0.39, 0.29) is 6.42 Å². The highest BCUT2D eigenvalue weighted by molar-refractivity contribution is 5.78. The van der Waals surface area contributed by atoms with Crippen molar-refractivity contribution in [2.24, 2.45) is 5.41 Å². The van der Waals surface area contributed by atoms with E-state index in [2.05, 4.69) is 4.98 Å². The van der Waals surface area contributed by atoms with Crippen LogP contribution in [0.15, 0.2) is 0 Å². The van der Waals surface area contributed by atoms with Crippen LogP contribution in [0.25, 0.3) is 0 Å². The fraction of sp³-hybridized carbons (Fsp3) is 0.571. The average Bonchev–Trinajstić information content (AvgIpc) is 3.06. The highest BCUT2D eigenvalue weighted by Crippen LogP contribution is 2.58. The Bertz CT molecular complexity index is 615. The molecule has 4 nitrogen and oxygen atoms in total. The fourth-order valence-electron chi connectivity index (χ4n) is 3.56. The maximum absolute atomic E-state index is 13.7. The summed E-state index contributed by atoms with van der Waals surface area (Å²) in [5, 5.41) is 0. The molecule has 120 valence electrons. The van der Waals surface area contributed by atoms with Crippen LogP contribution < -0.4 is 4.74 Å². The SMILES string of the molecule is COC(=O)C12CCC(Oc3c(F)c(F)nc(F)c3F)(CC1)C2. The average molecular weight is 319 g/mol. The van der Waals surface area contributed by atoms with Crippen molar-refractivity contribution in [1.29, 1.82) is 0 Å². The number of carbonyl (C=O) groups is 1. The molecule has 0 saturated heterocycles. The van der Waals surface area contributed by atoms with Crippen molar-refractivity contribution < 1.29 is 31.8 Å². The zero-order valence-electron chi connectivity index (χ0n) is 11.7. The maximum Gasteiger partial charge on any atom is 0.311 e. The summed E-state index contributed by atoms with van der Waals surface area (Å²) in [6, 6.07) is 0. The van der Waals surface area contributed by atoms with Crippen molar-refractivity contribution in [3.05, 3.63) is 23.5 Å². The highest BCUT2D eigenvalue weighted by Gasteiger charge is 2.60. The minimum Gasteiger partial charge on any atom is -0.481 e. The van der Waals surface area contributed by atoms with E-state index >= 15 is 0 Å². The molecule has 0 unspecified atom stereocenters. The third kappa shape index (κ3) is 2.04. The third-order valence-electron chi connectivity index (χ3n) is 4.67. The van der Waals surface area contributed by atoms with E-state index < -0.39 is 46.3 Å². The summed E-state index contributed by atoms with van der Waals surface area (Å²) in [5.74, 6) is -8.39. The van der Waals surface area contributed by atoms with Crippen LogP contribution >= 0.6 is 0 Å². The van der Waals surface area contributed by atoms with Crippen LogP contribution in [0.3, 0.4) is 0 Å². The van der Waals surface area contributed by atoms with Crippen molar-refractivity contribution in [3.8, 4) is 5.75 Å². The van der Waals surface area contributed by atoms with Gasteiger partial charge in [-0.3, -0.25) is 4.79 Å². The van der Waals surface area contributed by atoms with Gasteiger partial charge >= 0.3 is 5.97 Å². The molecule has 0 N–H and O–H groups in total. The van der Waals surface area contributed by atoms with E-state index in [1.165, 1.54) is 7.11 Å². The van der Waals surface area contributed by atoms with Gasteiger partial charge in [0.2, 0.25) is 17.4 Å². The molecule has 0 amide bonds. The molecule has 2 aliphatic carbocycles. The van der Waals surface area contributed by atoms with E-state index in [0.29, 0.717) is 25.7 Å². The van der Waals surface area contributed by atoms with Crippen LogP contribution in [0.4, 0.5) is 17.6 Å². The Labute approximate surface area is 123 Å². The van der Waals surface area contributed by atoms with Gasteiger partial charge in [-0.1, -0.05) is 0 Å². The fourth-order valence-corrected chi connectivity index (χ4v) is 3.56. The molecule has 1 aromatic rings. The first-order chi connectivity index (χ1) is 10.3. The Balaban J connectivity index is 1.92. The van der Waals surface area contributed by atoms with Gasteiger partial charge in [-0.25, -0.2) is 0 Å². The summed E-state index contributed by atoms with van der Waals surface area (Å²) in [5.41, 5.74) is -1.76. The molecule has 0 aromatic carbocycles. The zero-order valence-corrected chi connectivity index (χ0v) is 11.7. The molecule has 0 radical (unpaired) electrons. The molecule has 0 spiro atoms. The third-order valence-corrected chi connectivity index (χ3v) is 4.67. The molecular formula is C14H13F4NO3. The quantitative estimate of drug-likeness (QED) is 0.488. The van der Waals surface area contributed by atoms with E-state index in [1.807, 2.05) is 0 Å². The van der Waals surface area contributed by atoms with Gasteiger partial charge in [0.25, 0.3) is 11.9 Å². The Morgan fingerprint density at radius 1 is 1.05 bits per heavy atom. The number of hydrogen-bond donors (Lipinski definition) is 0. The number of carbonyl (C=O) groups excluding carboxylic acids is 1. The molecule has 22 heavy (non-hydrogen) atoms. The van der Waals surface area contributed by atoms with E-state index in [1.54, 1.807) is 0 Å². The number of aromatic nitrogens is 1. The number of esters is 1. The van der Waals surface area contributed by atoms with Crippen molar-refractivity contribution >= 4 is 5.97 Å². The summed E-state index contributed by atoms with van der Waals surface area (Å²) >= 11 is 0. The Morgan fingerprint density at radius 2 is 1.59 bits per heavy atom. The second-order valence-electron chi connectivity index (χ2n) is 5.88. The number of halogens is 4. The van der Waals surface area contributed by atoms with Crippen molar-refractivity contribution in [3.63, 3.8) is 0 Å². The molecule has 1 heterocycles. The lowest BCUT2D eigenvalue weighted by molar-refractivity contribution is -0.152. The van der Waals surface area contributed by atoms with Gasteiger partial charge < -0.3 is 9.47 Å². The van der Waals surface area contributed by atoms with Gasteiger partial charge in [0.15, 0.2) is 0 Å². The Morgan fingerprint density at radius 3 is 2.09 bits per heavy atom. The van der Waals surface area contributed by atoms with E-state index in [9.17, 15) is 22.4 Å². The lowest BCUT2D eigenvalue weighted by atomic mass is 9.84. The Kier molecular flexibility index (Phi) is 3.30. The van der Waals surface area contributed by atoms with Crippen LogP contribution in [0.2, 0.25) is 0 Å². The second-order valence-corrected chi connectivity index (χ2v) is 5.88. The highest BCUT2D eigenvalue weighted by atomic mass is 19.2. The smallest absolute Gasteiger partial charge is 0.311 e. The predicted molar refractivity (Wildman–Crippen MR) is 65.0 cm³/mol. The van der Waals surface area contributed by atoms with Gasteiger partial charge in [-0.15, -0.1) is 0 Å². The monoisotopic (exact) mass is 319 g/mol. The lowest BCUT2D eigenvalue weighted by Gasteiger charge is -2.28. The molecule has 2 bridgehead atoms. The number of fused-ring (bicyclic) bond motifs is 2. The molecule has 0 atom stereocenters. The van der Waals surface area contributed by atoms with Gasteiger partial charge in [0, 0.05) is 6.42 Å². The number of rotatable bonds is 3. The first-order valence-electron chi connectivity index (χ1n) is 6.80. The number of hydrogen-bond acceptors (Lipinski definition) is 4. The predicted octanol–water partition coefficient (Wildman–Crippen LogP) is 2.89. The van der Waals surface area contributed by atoms with E-state index in [0.717, 1.165) is 0 Å². The molecule has 0 aliphatic heterocycles. The molecule has 2 fully saturated rings. The standard InChI is InChI=1S/C14H13F4NO3/c1-21-12(20)13-2-4-14(6-13,5-3-13)22-9-7(15)10(17)19-11(18)8(9)16/h2-6H2,1H3. The minimum atomic E-state index is -1.76. The molecule has 2 saturated carbocycles. The van der Waals surface area contributed by atoms with Crippen LogP contribution in [0, 0.1) is 28.9 Å². The first-order valence-corrected chi connectivity index (χ1v) is 6.80. The summed E-state index contributed by atoms with van der Waals surface area (Å²) in [4.78, 5) is 14.4. The first kappa shape index (κ1) is 15.1. The minimum absolute atomic E-state index is 0.205. The summed E-state index contributed by atoms with van der Waals surface area (Å²) in [6.45, 7) is 0. The van der Waals surface area contributed by atoms with Gasteiger partial charge in [-0.05, 0) is 25.7 Å². The van der Waals surface area contributed by atoms with Crippen molar-refractivity contribution in [1.82, 2.24) is 4.98 Å². The van der Waals surface area contributed by atoms with Gasteiger partial charge in [0.1, 0.15) is 5.60 Å². The Hall–Kier alpha value is -1.86. The number of ether oxygens (including phenoxy) is 2. The maximum atomic E-state index is 13.7. The molecular weight excluding hydrogens is 306 g/mol. The lowest BCUT2D eigenvalue weighted by Crippen LogP contribution is -2.31. The summed E-state index contributed by atoms with van der Waals surface area (Å²) < 4.78 is 63.7. The number of pyridine rings is 1. The van der Waals surface area contributed by atoms with Crippen molar-refractivity contribution in [2.45, 2.75) is 37.7 Å². The summed E-state index contributed by atoms with van der Waals surface area (Å²) in [6.07, 6.45) is 1.80. The molecule has 8 heteroatoms. The molecule has 2 aliphatic rings. The van der Waals surface area contributed by atoms with Gasteiger partial charge in [0.05, 0.1) is 12.5 Å². The largest absolute Gasteiger partial charge is 0.481 e. The zero-order chi connectivity index (χ0) is 16.1.